The second-order valence-corrected chi connectivity index (χ2v) is 5.73. The van der Waals surface area contributed by atoms with E-state index < -0.39 is 16.1 Å². The molecule has 2 aromatic rings. The fourth-order valence-electron chi connectivity index (χ4n) is 1.70. The fourth-order valence-corrected chi connectivity index (χ4v) is 2.16. The van der Waals surface area contributed by atoms with Crippen molar-refractivity contribution >= 4 is 16.1 Å². The predicted octanol–water partition coefficient (Wildman–Crippen LogP) is 1.12. The number of carboxylic acids is 1. The maximum atomic E-state index is 11.0. The molecule has 0 aliphatic carbocycles. The Morgan fingerprint density at radius 2 is 1.90 bits per heavy atom. The maximum Gasteiger partial charge on any atom is 0.356 e. The zero-order valence-corrected chi connectivity index (χ0v) is 11.6. The van der Waals surface area contributed by atoms with Crippen LogP contribution in [-0.4, -0.2) is 35.5 Å². The van der Waals surface area contributed by atoms with Gasteiger partial charge in [-0.2, -0.15) is 13.5 Å². The van der Waals surface area contributed by atoms with Gasteiger partial charge in [0.2, 0.25) is 0 Å². The Morgan fingerprint density at radius 3 is 2.35 bits per heavy atom. The van der Waals surface area contributed by atoms with Gasteiger partial charge in [0.1, 0.15) is 5.75 Å². The topological polar surface area (TPSA) is 98.5 Å². The molecule has 1 aromatic carbocycles. The van der Waals surface area contributed by atoms with Gasteiger partial charge in [0.15, 0.2) is 5.69 Å². The van der Waals surface area contributed by atoms with Crippen LogP contribution in [0.25, 0.3) is 11.3 Å². The lowest BCUT2D eigenvalue weighted by atomic mass is 10.1. The first-order valence-electron chi connectivity index (χ1n) is 5.53. The van der Waals surface area contributed by atoms with Crippen molar-refractivity contribution < 1.29 is 22.5 Å². The van der Waals surface area contributed by atoms with Crippen molar-refractivity contribution in [1.29, 1.82) is 0 Å². The second kappa shape index (κ2) is 4.97. The molecule has 0 saturated carbocycles. The van der Waals surface area contributed by atoms with Crippen molar-refractivity contribution in [3.05, 3.63) is 36.0 Å². The van der Waals surface area contributed by atoms with E-state index in [0.29, 0.717) is 11.3 Å². The molecule has 7 nitrogen and oxygen atoms in total. The number of carbonyl (C=O) groups is 1. The number of benzene rings is 1. The number of hydrogen-bond donors (Lipinski definition) is 1. The molecule has 0 radical (unpaired) electrons. The average Bonchev–Trinajstić information content (AvgIpc) is 2.70. The van der Waals surface area contributed by atoms with Crippen LogP contribution in [0, 0.1) is 0 Å². The summed E-state index contributed by atoms with van der Waals surface area (Å²) in [7, 11) is -1.94. The minimum Gasteiger partial charge on any atom is -0.476 e. The van der Waals surface area contributed by atoms with Gasteiger partial charge in [-0.25, -0.2) is 4.79 Å². The summed E-state index contributed by atoms with van der Waals surface area (Å²) in [6, 6.07) is 7.68. The van der Waals surface area contributed by atoms with E-state index >= 15 is 0 Å². The van der Waals surface area contributed by atoms with Crippen LogP contribution >= 0.6 is 0 Å². The minimum atomic E-state index is -3.57. The van der Waals surface area contributed by atoms with Gasteiger partial charge in [-0.1, -0.05) is 0 Å². The lowest BCUT2D eigenvalue weighted by molar-refractivity contribution is 0.0689. The minimum absolute atomic E-state index is 0.0565. The van der Waals surface area contributed by atoms with E-state index in [-0.39, 0.29) is 11.4 Å². The van der Waals surface area contributed by atoms with Gasteiger partial charge in [-0.3, -0.25) is 4.68 Å². The smallest absolute Gasteiger partial charge is 0.356 e. The zero-order valence-electron chi connectivity index (χ0n) is 10.8. The van der Waals surface area contributed by atoms with Crippen LogP contribution in [-0.2, 0) is 17.2 Å². The molecular formula is C12H12N2O5S. The molecule has 106 valence electrons. The van der Waals surface area contributed by atoms with Crippen molar-refractivity contribution in [3.63, 3.8) is 0 Å². The number of aromatic nitrogens is 2. The maximum absolute atomic E-state index is 11.0. The van der Waals surface area contributed by atoms with Crippen molar-refractivity contribution in [3.8, 4) is 17.0 Å². The van der Waals surface area contributed by atoms with E-state index in [1.165, 1.54) is 22.9 Å². The first-order chi connectivity index (χ1) is 9.26. The summed E-state index contributed by atoms with van der Waals surface area (Å²) in [6.07, 6.45) is 0.959. The third kappa shape index (κ3) is 3.15. The molecule has 1 N–H and O–H groups in total. The van der Waals surface area contributed by atoms with Crippen molar-refractivity contribution in [2.45, 2.75) is 0 Å². The third-order valence-corrected chi connectivity index (χ3v) is 2.99. The third-order valence-electron chi connectivity index (χ3n) is 2.50. The molecule has 0 saturated heterocycles. The first-order valence-corrected chi connectivity index (χ1v) is 7.35. The Labute approximate surface area is 115 Å². The van der Waals surface area contributed by atoms with Crippen LogP contribution in [0.15, 0.2) is 30.3 Å². The molecule has 0 fully saturated rings. The summed E-state index contributed by atoms with van der Waals surface area (Å²) in [5.74, 6) is -0.916. The highest BCUT2D eigenvalue weighted by molar-refractivity contribution is 7.86. The molecule has 0 spiro atoms. The highest BCUT2D eigenvalue weighted by Gasteiger charge is 2.13. The Morgan fingerprint density at radius 1 is 1.30 bits per heavy atom. The molecule has 2 rings (SSSR count). The van der Waals surface area contributed by atoms with Gasteiger partial charge in [-0.15, -0.1) is 0 Å². The Hall–Kier alpha value is -2.35. The van der Waals surface area contributed by atoms with Crippen LogP contribution < -0.4 is 4.18 Å². The van der Waals surface area contributed by atoms with Gasteiger partial charge in [0, 0.05) is 12.6 Å². The lowest BCUT2D eigenvalue weighted by Crippen LogP contribution is -2.05. The van der Waals surface area contributed by atoms with E-state index in [2.05, 4.69) is 5.10 Å². The van der Waals surface area contributed by atoms with E-state index in [9.17, 15) is 13.2 Å². The molecule has 1 aromatic heterocycles. The summed E-state index contributed by atoms with van der Waals surface area (Å²) in [5, 5.41) is 12.7. The largest absolute Gasteiger partial charge is 0.476 e. The SMILES string of the molecule is Cn1nc(C(=O)O)cc1-c1ccc(OS(C)(=O)=O)cc1. The van der Waals surface area contributed by atoms with Gasteiger partial charge < -0.3 is 9.29 Å². The molecule has 20 heavy (non-hydrogen) atoms. The van der Waals surface area contributed by atoms with Crippen LogP contribution in [0.2, 0.25) is 0 Å². The fraction of sp³-hybridized carbons (Fsp3) is 0.167. The van der Waals surface area contributed by atoms with E-state index in [0.717, 1.165) is 6.26 Å². The summed E-state index contributed by atoms with van der Waals surface area (Å²) in [4.78, 5) is 10.8. The van der Waals surface area contributed by atoms with E-state index in [1.807, 2.05) is 0 Å². The molecule has 0 bridgehead atoms. The van der Waals surface area contributed by atoms with Crippen molar-refractivity contribution in [2.24, 2.45) is 7.05 Å². The number of carboxylic acid groups (broad SMARTS) is 1. The molecule has 0 aliphatic rings. The van der Waals surface area contributed by atoms with Crippen LogP contribution in [0.4, 0.5) is 0 Å². The van der Waals surface area contributed by atoms with Crippen LogP contribution in [0.3, 0.4) is 0 Å². The number of aromatic carboxylic acids is 1. The standard InChI is InChI=1S/C12H12N2O5S/c1-14-11(7-10(13-14)12(15)16)8-3-5-9(6-4-8)19-20(2,17)18/h3-7H,1-2H3,(H,15,16). The highest BCUT2D eigenvalue weighted by Crippen LogP contribution is 2.23. The van der Waals surface area contributed by atoms with Crippen LogP contribution in [0.1, 0.15) is 10.5 Å². The first kappa shape index (κ1) is 14.1. The van der Waals surface area contributed by atoms with Gasteiger partial charge in [0.05, 0.1) is 11.9 Å². The van der Waals surface area contributed by atoms with Gasteiger partial charge >= 0.3 is 16.1 Å². The number of hydrogen-bond acceptors (Lipinski definition) is 5. The number of nitrogens with zero attached hydrogens (tertiary/aromatic N) is 2. The van der Waals surface area contributed by atoms with Crippen molar-refractivity contribution in [1.82, 2.24) is 9.78 Å². The molecule has 0 aliphatic heterocycles. The lowest BCUT2D eigenvalue weighted by Gasteiger charge is -2.05. The predicted molar refractivity (Wildman–Crippen MR) is 71.1 cm³/mol. The van der Waals surface area contributed by atoms with Gasteiger partial charge in [0.25, 0.3) is 0 Å². The normalized spacial score (nSPS) is 11.3. The van der Waals surface area contributed by atoms with Crippen LogP contribution in [0.5, 0.6) is 5.75 Å². The Kier molecular flexibility index (Phi) is 3.49. The molecule has 0 amide bonds. The summed E-state index contributed by atoms with van der Waals surface area (Å²) in [6.45, 7) is 0. The Bertz CT molecular complexity index is 747. The monoisotopic (exact) mass is 296 g/mol. The second-order valence-electron chi connectivity index (χ2n) is 4.16. The molecule has 0 atom stereocenters. The quantitative estimate of drug-likeness (QED) is 0.849. The van der Waals surface area contributed by atoms with Gasteiger partial charge in [-0.05, 0) is 30.3 Å². The van der Waals surface area contributed by atoms with Crippen molar-refractivity contribution in [2.75, 3.05) is 6.26 Å². The average molecular weight is 296 g/mol. The van der Waals surface area contributed by atoms with E-state index in [1.54, 1.807) is 19.2 Å². The molecule has 8 heteroatoms. The molecular weight excluding hydrogens is 284 g/mol. The Balaban J connectivity index is 2.33. The summed E-state index contributed by atoms with van der Waals surface area (Å²) in [5.41, 5.74) is 1.25. The summed E-state index contributed by atoms with van der Waals surface area (Å²) < 4.78 is 28.1. The summed E-state index contributed by atoms with van der Waals surface area (Å²) >= 11 is 0. The molecule has 1 heterocycles. The number of aryl methyl sites for hydroxylation is 1. The zero-order chi connectivity index (χ0) is 14.9. The van der Waals surface area contributed by atoms with E-state index in [4.69, 9.17) is 9.29 Å². The highest BCUT2D eigenvalue weighted by atomic mass is 32.2. The molecule has 0 unspecified atom stereocenters. The number of rotatable bonds is 4.